The zero-order chi connectivity index (χ0) is 12.5. The third-order valence-electron chi connectivity index (χ3n) is 3.60. The Bertz CT molecular complexity index is 536. The topological polar surface area (TPSA) is 61.0 Å². The van der Waals surface area contributed by atoms with E-state index in [1.807, 2.05) is 16.0 Å². The predicted molar refractivity (Wildman–Crippen MR) is 71.1 cm³/mol. The van der Waals surface area contributed by atoms with Gasteiger partial charge in [-0.05, 0) is 19.3 Å². The summed E-state index contributed by atoms with van der Waals surface area (Å²) in [5, 5.41) is 21.0. The normalized spacial score (nSPS) is 20.8. The van der Waals surface area contributed by atoms with Gasteiger partial charge in [0, 0.05) is 18.1 Å². The van der Waals surface area contributed by atoms with E-state index < -0.39 is 0 Å². The van der Waals surface area contributed by atoms with E-state index in [-0.39, 0.29) is 19.3 Å². The smallest absolute Gasteiger partial charge is 0.195 e. The van der Waals surface area contributed by atoms with Crippen molar-refractivity contribution in [2.24, 2.45) is 0 Å². The zero-order valence-electron chi connectivity index (χ0n) is 10.1. The fourth-order valence-corrected chi connectivity index (χ4v) is 3.40. The maximum absolute atomic E-state index is 9.57. The standard InChI is InChI=1S/C12H17N3O2S/c16-7-9-3-1-2-4-14(9)11-10(8-17)15-5-6-18-12(15)13-11/h5-6,9,16-17H,1-4,7-8H2. The van der Waals surface area contributed by atoms with Gasteiger partial charge >= 0.3 is 0 Å². The van der Waals surface area contributed by atoms with E-state index in [4.69, 9.17) is 0 Å². The number of anilines is 1. The van der Waals surface area contributed by atoms with Gasteiger partial charge < -0.3 is 15.1 Å². The molecule has 1 fully saturated rings. The molecule has 0 aliphatic carbocycles. The second kappa shape index (κ2) is 4.87. The van der Waals surface area contributed by atoms with Crippen LogP contribution in [-0.2, 0) is 6.61 Å². The average molecular weight is 267 g/mol. The lowest BCUT2D eigenvalue weighted by Crippen LogP contribution is -2.42. The number of thiazole rings is 1. The van der Waals surface area contributed by atoms with Crippen LogP contribution < -0.4 is 4.90 Å². The van der Waals surface area contributed by atoms with Crippen LogP contribution in [0.3, 0.4) is 0 Å². The van der Waals surface area contributed by atoms with Crippen LogP contribution >= 0.6 is 11.3 Å². The molecule has 1 aliphatic heterocycles. The molecular weight excluding hydrogens is 250 g/mol. The summed E-state index contributed by atoms with van der Waals surface area (Å²) in [5.74, 6) is 0.836. The Morgan fingerprint density at radius 3 is 3.06 bits per heavy atom. The van der Waals surface area contributed by atoms with Crippen LogP contribution in [0.15, 0.2) is 11.6 Å². The molecule has 1 saturated heterocycles. The quantitative estimate of drug-likeness (QED) is 0.878. The van der Waals surface area contributed by atoms with Gasteiger partial charge in [-0.25, -0.2) is 4.98 Å². The Labute approximate surface area is 109 Å². The molecular formula is C12H17N3O2S. The monoisotopic (exact) mass is 267 g/mol. The van der Waals surface area contributed by atoms with Crippen LogP contribution in [0.2, 0.25) is 0 Å². The number of aliphatic hydroxyl groups excluding tert-OH is 2. The highest BCUT2D eigenvalue weighted by atomic mass is 32.1. The first-order valence-corrected chi connectivity index (χ1v) is 7.16. The number of piperidine rings is 1. The van der Waals surface area contributed by atoms with Gasteiger partial charge in [-0.1, -0.05) is 0 Å². The van der Waals surface area contributed by atoms with Crippen molar-refractivity contribution in [2.75, 3.05) is 18.1 Å². The Morgan fingerprint density at radius 2 is 2.28 bits per heavy atom. The lowest BCUT2D eigenvalue weighted by atomic mass is 10.0. The molecule has 3 rings (SSSR count). The van der Waals surface area contributed by atoms with Crippen molar-refractivity contribution in [3.05, 3.63) is 17.3 Å². The van der Waals surface area contributed by atoms with Gasteiger partial charge in [0.05, 0.1) is 24.9 Å². The minimum Gasteiger partial charge on any atom is -0.394 e. The summed E-state index contributed by atoms with van der Waals surface area (Å²) in [7, 11) is 0. The first kappa shape index (κ1) is 12.0. The van der Waals surface area contributed by atoms with Crippen LogP contribution in [0.1, 0.15) is 25.0 Å². The first-order valence-electron chi connectivity index (χ1n) is 6.28. The largest absolute Gasteiger partial charge is 0.394 e. The Kier molecular flexibility index (Phi) is 3.23. The molecule has 0 bridgehead atoms. The molecule has 2 N–H and O–H groups in total. The van der Waals surface area contributed by atoms with Crippen LogP contribution in [0.25, 0.3) is 4.96 Å². The maximum atomic E-state index is 9.57. The van der Waals surface area contributed by atoms with E-state index in [0.717, 1.165) is 42.3 Å². The molecule has 6 heteroatoms. The number of imidazole rings is 1. The fourth-order valence-electron chi connectivity index (χ4n) is 2.67. The summed E-state index contributed by atoms with van der Waals surface area (Å²) in [6, 6.07) is 0.133. The molecule has 1 unspecified atom stereocenters. The van der Waals surface area contributed by atoms with Gasteiger partial charge in [0.15, 0.2) is 10.8 Å². The number of nitrogens with zero attached hydrogens (tertiary/aromatic N) is 3. The lowest BCUT2D eigenvalue weighted by Gasteiger charge is -2.35. The number of hydrogen-bond donors (Lipinski definition) is 2. The third kappa shape index (κ3) is 1.81. The molecule has 18 heavy (non-hydrogen) atoms. The van der Waals surface area contributed by atoms with E-state index in [1.54, 1.807) is 11.3 Å². The van der Waals surface area contributed by atoms with E-state index >= 15 is 0 Å². The predicted octanol–water partition coefficient (Wildman–Crippen LogP) is 1.24. The average Bonchev–Trinajstić information content (AvgIpc) is 2.98. The lowest BCUT2D eigenvalue weighted by molar-refractivity contribution is 0.237. The molecule has 0 radical (unpaired) electrons. The molecule has 0 saturated carbocycles. The second-order valence-corrected chi connectivity index (χ2v) is 5.49. The molecule has 1 atom stereocenters. The summed E-state index contributed by atoms with van der Waals surface area (Å²) in [5.41, 5.74) is 0.826. The van der Waals surface area contributed by atoms with Gasteiger partial charge in [0.25, 0.3) is 0 Å². The number of hydrogen-bond acceptors (Lipinski definition) is 5. The molecule has 5 nitrogen and oxygen atoms in total. The molecule has 2 aromatic heterocycles. The van der Waals surface area contributed by atoms with Crippen molar-refractivity contribution in [1.82, 2.24) is 9.38 Å². The van der Waals surface area contributed by atoms with Crippen molar-refractivity contribution in [3.63, 3.8) is 0 Å². The molecule has 0 aromatic carbocycles. The highest BCUT2D eigenvalue weighted by Crippen LogP contribution is 2.29. The molecule has 1 aliphatic rings. The molecule has 98 valence electrons. The second-order valence-electron chi connectivity index (χ2n) is 4.62. The van der Waals surface area contributed by atoms with E-state index in [1.165, 1.54) is 0 Å². The number of fused-ring (bicyclic) bond motifs is 1. The third-order valence-corrected chi connectivity index (χ3v) is 4.36. The van der Waals surface area contributed by atoms with Gasteiger partial charge in [-0.3, -0.25) is 4.40 Å². The zero-order valence-corrected chi connectivity index (χ0v) is 10.9. The van der Waals surface area contributed by atoms with Gasteiger partial charge in [-0.2, -0.15) is 0 Å². The highest BCUT2D eigenvalue weighted by molar-refractivity contribution is 7.15. The molecule has 0 spiro atoms. The minimum atomic E-state index is -0.0259. The van der Waals surface area contributed by atoms with Crippen LogP contribution in [0, 0.1) is 0 Å². The van der Waals surface area contributed by atoms with E-state index in [9.17, 15) is 10.2 Å². The van der Waals surface area contributed by atoms with Crippen LogP contribution in [0.4, 0.5) is 5.82 Å². The number of aliphatic hydroxyl groups is 2. The Balaban J connectivity index is 2.03. The van der Waals surface area contributed by atoms with Crippen LogP contribution in [-0.4, -0.2) is 38.8 Å². The molecule has 3 heterocycles. The van der Waals surface area contributed by atoms with Crippen LogP contribution in [0.5, 0.6) is 0 Å². The summed E-state index contributed by atoms with van der Waals surface area (Å²) < 4.78 is 1.93. The van der Waals surface area contributed by atoms with Crippen molar-refractivity contribution >= 4 is 22.1 Å². The maximum Gasteiger partial charge on any atom is 0.195 e. The SMILES string of the molecule is OCc1c(N2CCCCC2CO)nc2sccn12. The van der Waals surface area contributed by atoms with Crippen molar-refractivity contribution < 1.29 is 10.2 Å². The number of aromatic nitrogens is 2. The summed E-state index contributed by atoms with van der Waals surface area (Å²) in [6.45, 7) is 1.03. The van der Waals surface area contributed by atoms with Crippen molar-refractivity contribution in [3.8, 4) is 0 Å². The van der Waals surface area contributed by atoms with Crippen molar-refractivity contribution in [2.45, 2.75) is 31.9 Å². The molecule has 2 aromatic rings. The number of rotatable bonds is 3. The van der Waals surface area contributed by atoms with Gasteiger partial charge in [0.1, 0.15) is 0 Å². The summed E-state index contributed by atoms with van der Waals surface area (Å²) in [6.07, 6.45) is 5.19. The minimum absolute atomic E-state index is 0.0259. The van der Waals surface area contributed by atoms with Gasteiger partial charge in [0.2, 0.25) is 0 Å². The van der Waals surface area contributed by atoms with E-state index in [2.05, 4.69) is 9.88 Å². The van der Waals surface area contributed by atoms with Crippen molar-refractivity contribution in [1.29, 1.82) is 0 Å². The first-order chi connectivity index (χ1) is 8.85. The Hall–Kier alpha value is -1.11. The fraction of sp³-hybridized carbons (Fsp3) is 0.583. The van der Waals surface area contributed by atoms with E-state index in [0.29, 0.717) is 0 Å². The summed E-state index contributed by atoms with van der Waals surface area (Å²) in [4.78, 5) is 7.65. The van der Waals surface area contributed by atoms with Gasteiger partial charge in [-0.15, -0.1) is 11.3 Å². The molecule has 0 amide bonds. The Morgan fingerprint density at radius 1 is 1.39 bits per heavy atom. The summed E-state index contributed by atoms with van der Waals surface area (Å²) >= 11 is 1.56. The highest BCUT2D eigenvalue weighted by Gasteiger charge is 2.27.